The van der Waals surface area contributed by atoms with Gasteiger partial charge in [0.25, 0.3) is 0 Å². The van der Waals surface area contributed by atoms with E-state index >= 15 is 0 Å². The molecule has 2 nitrogen and oxygen atoms in total. The van der Waals surface area contributed by atoms with E-state index in [-0.39, 0.29) is 0 Å². The van der Waals surface area contributed by atoms with Crippen LogP contribution < -0.4 is 5.32 Å². The van der Waals surface area contributed by atoms with Crippen molar-refractivity contribution >= 4 is 11.3 Å². The number of aromatic nitrogens is 1. The van der Waals surface area contributed by atoms with E-state index in [1.165, 1.54) is 58.8 Å². The number of hydrogen-bond donors (Lipinski definition) is 1. The van der Waals surface area contributed by atoms with Gasteiger partial charge in [-0.25, -0.2) is 4.98 Å². The lowest BCUT2D eigenvalue weighted by atomic mass is 10.0. The Morgan fingerprint density at radius 2 is 2.05 bits per heavy atom. The molecule has 0 amide bonds. The highest BCUT2D eigenvalue weighted by Crippen LogP contribution is 2.35. The molecule has 0 spiro atoms. The van der Waals surface area contributed by atoms with E-state index in [0.29, 0.717) is 12.1 Å². The molecule has 1 aromatic heterocycles. The lowest BCUT2D eigenvalue weighted by Gasteiger charge is -2.17. The highest BCUT2D eigenvalue weighted by molar-refractivity contribution is 7.11. The van der Waals surface area contributed by atoms with Gasteiger partial charge in [-0.2, -0.15) is 0 Å². The molecule has 1 saturated carbocycles. The quantitative estimate of drug-likeness (QED) is 0.901. The van der Waals surface area contributed by atoms with Gasteiger partial charge in [0.2, 0.25) is 0 Å². The summed E-state index contributed by atoms with van der Waals surface area (Å²) in [5, 5.41) is 5.07. The molecule has 1 unspecified atom stereocenters. The molecule has 1 N–H and O–H groups in total. The number of thiazole rings is 1. The minimum Gasteiger partial charge on any atom is -0.301 e. The van der Waals surface area contributed by atoms with E-state index in [0.717, 1.165) is 6.42 Å². The summed E-state index contributed by atoms with van der Waals surface area (Å²) in [5.74, 6) is 0. The summed E-state index contributed by atoms with van der Waals surface area (Å²) < 4.78 is 0. The first-order chi connectivity index (χ1) is 10.3. The summed E-state index contributed by atoms with van der Waals surface area (Å²) in [6.07, 6.45) is 7.44. The maximum Gasteiger partial charge on any atom is 0.115 e. The normalized spacial score (nSPS) is 18.7. The van der Waals surface area contributed by atoms with Gasteiger partial charge in [-0.05, 0) is 49.7 Å². The number of hydrogen-bond acceptors (Lipinski definition) is 3. The predicted molar refractivity (Wildman–Crippen MR) is 88.0 cm³/mol. The number of fused-ring (bicyclic) bond motifs is 1. The van der Waals surface area contributed by atoms with E-state index in [2.05, 4.69) is 36.5 Å². The second kappa shape index (κ2) is 5.54. The third-order valence-electron chi connectivity index (χ3n) is 4.56. The summed E-state index contributed by atoms with van der Waals surface area (Å²) in [4.78, 5) is 6.47. The van der Waals surface area contributed by atoms with Crippen LogP contribution in [0.1, 0.15) is 58.9 Å². The molecule has 2 aromatic rings. The molecule has 4 rings (SSSR count). The van der Waals surface area contributed by atoms with Crippen LogP contribution in [0.15, 0.2) is 24.3 Å². The van der Waals surface area contributed by atoms with Crippen LogP contribution in [0, 0.1) is 0 Å². The molecule has 0 saturated heterocycles. The van der Waals surface area contributed by atoms with Gasteiger partial charge in [0.1, 0.15) is 5.01 Å². The van der Waals surface area contributed by atoms with E-state index in [1.807, 2.05) is 11.3 Å². The summed E-state index contributed by atoms with van der Waals surface area (Å²) in [7, 11) is 0. The molecule has 2 aliphatic carbocycles. The molecule has 0 radical (unpaired) electrons. The van der Waals surface area contributed by atoms with Crippen LogP contribution in [-0.2, 0) is 19.3 Å². The fourth-order valence-corrected chi connectivity index (χ4v) is 4.32. The van der Waals surface area contributed by atoms with Gasteiger partial charge >= 0.3 is 0 Å². The maximum absolute atomic E-state index is 4.95. The lowest BCUT2D eigenvalue weighted by molar-refractivity contribution is 0.596. The average Bonchev–Trinajstić information content (AvgIpc) is 3.08. The average molecular weight is 298 g/mol. The smallest absolute Gasteiger partial charge is 0.115 e. The number of nitrogens with one attached hydrogen (secondary N) is 1. The van der Waals surface area contributed by atoms with Crippen molar-refractivity contribution in [2.45, 2.75) is 57.5 Å². The van der Waals surface area contributed by atoms with Crippen molar-refractivity contribution < 1.29 is 0 Å². The Balaban J connectivity index is 1.65. The molecule has 2 aliphatic rings. The molecule has 0 aliphatic heterocycles. The van der Waals surface area contributed by atoms with Crippen LogP contribution in [0.25, 0.3) is 0 Å². The van der Waals surface area contributed by atoms with E-state index < -0.39 is 0 Å². The van der Waals surface area contributed by atoms with Gasteiger partial charge in [-0.1, -0.05) is 31.2 Å². The summed E-state index contributed by atoms with van der Waals surface area (Å²) in [5.41, 5.74) is 4.14. The standard InChI is InChI=1S/C18H22N2S/c1-2-12-6-8-13(9-7-12)17(19-14-10-11-14)18-20-15-4-3-5-16(15)21-18/h6-9,14,17,19H,2-5,10-11H2,1H3. The van der Waals surface area contributed by atoms with Crippen LogP contribution in [0.2, 0.25) is 0 Å². The van der Waals surface area contributed by atoms with Gasteiger partial charge in [0.15, 0.2) is 0 Å². The van der Waals surface area contributed by atoms with Crippen LogP contribution in [0.5, 0.6) is 0 Å². The summed E-state index contributed by atoms with van der Waals surface area (Å²) in [6, 6.07) is 10.1. The monoisotopic (exact) mass is 298 g/mol. The first kappa shape index (κ1) is 13.5. The summed E-state index contributed by atoms with van der Waals surface area (Å²) in [6.45, 7) is 2.21. The number of aryl methyl sites for hydroxylation is 3. The van der Waals surface area contributed by atoms with E-state index in [9.17, 15) is 0 Å². The fourth-order valence-electron chi connectivity index (χ4n) is 3.08. The van der Waals surface area contributed by atoms with Crippen molar-refractivity contribution in [2.24, 2.45) is 0 Å². The van der Waals surface area contributed by atoms with Crippen LogP contribution >= 0.6 is 11.3 Å². The number of rotatable bonds is 5. The number of benzene rings is 1. The maximum atomic E-state index is 4.95. The third kappa shape index (κ3) is 2.77. The Kier molecular flexibility index (Phi) is 3.56. The summed E-state index contributed by atoms with van der Waals surface area (Å²) >= 11 is 1.93. The molecule has 21 heavy (non-hydrogen) atoms. The molecular formula is C18H22N2S. The largest absolute Gasteiger partial charge is 0.301 e. The first-order valence-electron chi connectivity index (χ1n) is 8.17. The minimum atomic E-state index is 0.291. The number of nitrogens with zero attached hydrogens (tertiary/aromatic N) is 1. The Morgan fingerprint density at radius 3 is 2.71 bits per heavy atom. The van der Waals surface area contributed by atoms with Crippen molar-refractivity contribution in [1.82, 2.24) is 10.3 Å². The molecule has 0 bridgehead atoms. The molecule has 1 fully saturated rings. The van der Waals surface area contributed by atoms with Gasteiger partial charge in [0.05, 0.1) is 11.7 Å². The van der Waals surface area contributed by atoms with Crippen molar-refractivity contribution in [2.75, 3.05) is 0 Å². The molecule has 1 atom stereocenters. The zero-order chi connectivity index (χ0) is 14.2. The Bertz CT molecular complexity index is 604. The van der Waals surface area contributed by atoms with Gasteiger partial charge in [0, 0.05) is 10.9 Å². The zero-order valence-corrected chi connectivity index (χ0v) is 13.4. The second-order valence-corrected chi connectivity index (χ2v) is 7.36. The van der Waals surface area contributed by atoms with Crippen LogP contribution in [-0.4, -0.2) is 11.0 Å². The van der Waals surface area contributed by atoms with Crippen molar-refractivity contribution in [1.29, 1.82) is 0 Å². The van der Waals surface area contributed by atoms with Gasteiger partial charge in [-0.15, -0.1) is 11.3 Å². The van der Waals surface area contributed by atoms with Gasteiger partial charge < -0.3 is 5.32 Å². The molecule has 3 heteroatoms. The van der Waals surface area contributed by atoms with E-state index in [1.54, 1.807) is 0 Å². The molecule has 110 valence electrons. The van der Waals surface area contributed by atoms with Crippen LogP contribution in [0.3, 0.4) is 0 Å². The van der Waals surface area contributed by atoms with Crippen molar-refractivity contribution in [3.05, 3.63) is 51.0 Å². The van der Waals surface area contributed by atoms with Crippen molar-refractivity contribution in [3.8, 4) is 0 Å². The van der Waals surface area contributed by atoms with Gasteiger partial charge in [-0.3, -0.25) is 0 Å². The van der Waals surface area contributed by atoms with Crippen molar-refractivity contribution in [3.63, 3.8) is 0 Å². The Hall–Kier alpha value is -1.19. The second-order valence-electron chi connectivity index (χ2n) is 6.24. The van der Waals surface area contributed by atoms with Crippen LogP contribution in [0.4, 0.5) is 0 Å². The molecule has 1 aromatic carbocycles. The predicted octanol–water partition coefficient (Wildman–Crippen LogP) is 4.04. The van der Waals surface area contributed by atoms with E-state index in [4.69, 9.17) is 4.98 Å². The Labute approximate surface area is 130 Å². The topological polar surface area (TPSA) is 24.9 Å². The first-order valence-corrected chi connectivity index (χ1v) is 8.98. The molecular weight excluding hydrogens is 276 g/mol. The fraction of sp³-hybridized carbons (Fsp3) is 0.500. The lowest BCUT2D eigenvalue weighted by Crippen LogP contribution is -2.24. The Morgan fingerprint density at radius 1 is 1.24 bits per heavy atom. The third-order valence-corrected chi connectivity index (χ3v) is 5.78. The zero-order valence-electron chi connectivity index (χ0n) is 12.6. The highest BCUT2D eigenvalue weighted by atomic mass is 32.1. The minimum absolute atomic E-state index is 0.291. The highest BCUT2D eigenvalue weighted by Gasteiger charge is 2.29. The molecule has 1 heterocycles. The SMILES string of the molecule is CCc1ccc(C(NC2CC2)c2nc3c(s2)CCC3)cc1.